The van der Waals surface area contributed by atoms with Gasteiger partial charge in [-0.25, -0.2) is 4.98 Å². The lowest BCUT2D eigenvalue weighted by Crippen LogP contribution is -2.45. The average Bonchev–Trinajstić information content (AvgIpc) is 3.08. The number of benzene rings is 1. The van der Waals surface area contributed by atoms with Crippen LogP contribution in [0.2, 0.25) is 0 Å². The molecule has 0 saturated carbocycles. The van der Waals surface area contributed by atoms with Gasteiger partial charge in [-0.05, 0) is 17.9 Å². The second-order valence-electron chi connectivity index (χ2n) is 6.02. The predicted octanol–water partition coefficient (Wildman–Crippen LogP) is 2.55. The highest BCUT2D eigenvalue weighted by Gasteiger charge is 2.20. The van der Waals surface area contributed by atoms with Crippen molar-refractivity contribution in [3.63, 3.8) is 0 Å². The number of ether oxygens (including phenoxy) is 1. The summed E-state index contributed by atoms with van der Waals surface area (Å²) in [4.78, 5) is 28.1. The van der Waals surface area contributed by atoms with Gasteiger partial charge in [-0.2, -0.15) is 0 Å². The maximum atomic E-state index is 12.3. The number of carbonyl (C=O) groups excluding carboxylic acids is 2. The van der Waals surface area contributed by atoms with Gasteiger partial charge in [-0.3, -0.25) is 9.59 Å². The van der Waals surface area contributed by atoms with Gasteiger partial charge in [-0.1, -0.05) is 38.1 Å². The van der Waals surface area contributed by atoms with Gasteiger partial charge in [0.1, 0.15) is 16.7 Å². The average molecular weight is 361 g/mol. The second-order valence-corrected chi connectivity index (χ2v) is 6.88. The zero-order chi connectivity index (χ0) is 18.4. The van der Waals surface area contributed by atoms with E-state index in [1.807, 2.05) is 12.1 Å². The Morgan fingerprint density at radius 3 is 2.52 bits per heavy atom. The molecular weight excluding hydrogens is 338 g/mol. The number of nitrogens with one attached hydrogen (secondary N) is 1. The van der Waals surface area contributed by atoms with Crippen LogP contribution in [-0.4, -0.2) is 36.6 Å². The van der Waals surface area contributed by atoms with Crippen LogP contribution in [0, 0.1) is 0 Å². The molecule has 6 nitrogen and oxygen atoms in total. The molecule has 0 spiro atoms. The number of hydrogen-bond acceptors (Lipinski definition) is 5. The molecule has 2 amide bonds. The Morgan fingerprint density at radius 1 is 1.28 bits per heavy atom. The molecule has 0 aliphatic carbocycles. The minimum atomic E-state index is -0.775. The van der Waals surface area contributed by atoms with Crippen LogP contribution in [0.3, 0.4) is 0 Å². The van der Waals surface area contributed by atoms with Gasteiger partial charge in [0.25, 0.3) is 5.91 Å². The molecule has 1 heterocycles. The van der Waals surface area contributed by atoms with Gasteiger partial charge in [0.05, 0.1) is 0 Å². The zero-order valence-electron chi connectivity index (χ0n) is 14.6. The molecule has 2 aromatic rings. The number of aromatic nitrogens is 1. The number of primary amides is 1. The number of methoxy groups -OCH3 is 1. The normalized spacial score (nSPS) is 12.2. The van der Waals surface area contributed by atoms with Crippen molar-refractivity contribution < 1.29 is 14.3 Å². The molecule has 0 aliphatic rings. The fourth-order valence-electron chi connectivity index (χ4n) is 2.27. The van der Waals surface area contributed by atoms with Crippen molar-refractivity contribution in [3.05, 3.63) is 40.9 Å². The number of nitrogens with two attached hydrogens (primary N) is 1. The van der Waals surface area contributed by atoms with Crippen LogP contribution < -0.4 is 11.1 Å². The van der Waals surface area contributed by atoms with Crippen LogP contribution in [0.4, 0.5) is 0 Å². The Balaban J connectivity index is 2.09. The number of rotatable bonds is 8. The summed E-state index contributed by atoms with van der Waals surface area (Å²) in [7, 11) is 1.52. The molecule has 0 saturated heterocycles. The molecular formula is C18H23N3O3S. The molecule has 1 atom stereocenters. The van der Waals surface area contributed by atoms with E-state index in [2.05, 4.69) is 36.3 Å². The molecule has 0 radical (unpaired) electrons. The van der Waals surface area contributed by atoms with E-state index >= 15 is 0 Å². The lowest BCUT2D eigenvalue weighted by atomic mass is 10.0. The van der Waals surface area contributed by atoms with Crippen molar-refractivity contribution in [2.45, 2.75) is 32.2 Å². The molecule has 3 N–H and O–H groups in total. The summed E-state index contributed by atoms with van der Waals surface area (Å²) in [5, 5.41) is 5.04. The highest BCUT2D eigenvalue weighted by Crippen LogP contribution is 2.25. The van der Waals surface area contributed by atoms with E-state index in [9.17, 15) is 9.59 Å². The fraction of sp³-hybridized carbons (Fsp3) is 0.389. The first-order valence-electron chi connectivity index (χ1n) is 8.07. The Labute approximate surface area is 151 Å². The van der Waals surface area contributed by atoms with E-state index in [1.54, 1.807) is 5.38 Å². The standard InChI is InChI=1S/C18H23N3O3S/c1-11(2)12-4-6-13(7-5-12)18-21-15(10-25-18)17(23)20-14(16(19)22)8-9-24-3/h4-7,10-11,14H,8-9H2,1-3H3,(H2,19,22)(H,20,23). The SMILES string of the molecule is COCCC(NC(=O)c1csc(-c2ccc(C(C)C)cc2)n1)C(N)=O. The summed E-state index contributed by atoms with van der Waals surface area (Å²) in [6.45, 7) is 4.61. The molecule has 2 rings (SSSR count). The summed E-state index contributed by atoms with van der Waals surface area (Å²) >= 11 is 1.39. The minimum absolute atomic E-state index is 0.275. The zero-order valence-corrected chi connectivity index (χ0v) is 15.4. The molecule has 134 valence electrons. The largest absolute Gasteiger partial charge is 0.385 e. The maximum absolute atomic E-state index is 12.3. The first-order valence-corrected chi connectivity index (χ1v) is 8.95. The maximum Gasteiger partial charge on any atom is 0.271 e. The van der Waals surface area contributed by atoms with Gasteiger partial charge in [0, 0.05) is 24.7 Å². The van der Waals surface area contributed by atoms with Crippen molar-refractivity contribution in [1.82, 2.24) is 10.3 Å². The van der Waals surface area contributed by atoms with E-state index in [1.165, 1.54) is 24.0 Å². The molecule has 25 heavy (non-hydrogen) atoms. The summed E-state index contributed by atoms with van der Waals surface area (Å²) < 4.78 is 4.93. The number of nitrogens with zero attached hydrogens (tertiary/aromatic N) is 1. The molecule has 1 unspecified atom stereocenters. The number of thiazole rings is 1. The van der Waals surface area contributed by atoms with Gasteiger partial charge in [-0.15, -0.1) is 11.3 Å². The third kappa shape index (κ3) is 5.11. The lowest BCUT2D eigenvalue weighted by molar-refractivity contribution is -0.120. The van der Waals surface area contributed by atoms with E-state index in [4.69, 9.17) is 10.5 Å². The lowest BCUT2D eigenvalue weighted by Gasteiger charge is -2.13. The van der Waals surface area contributed by atoms with Gasteiger partial charge < -0.3 is 15.8 Å². The Morgan fingerprint density at radius 2 is 1.96 bits per heavy atom. The van der Waals surface area contributed by atoms with Crippen molar-refractivity contribution in [3.8, 4) is 10.6 Å². The first-order chi connectivity index (χ1) is 11.9. The van der Waals surface area contributed by atoms with Gasteiger partial charge in [0.2, 0.25) is 5.91 Å². The summed E-state index contributed by atoms with van der Waals surface area (Å²) in [5.41, 5.74) is 7.79. The monoisotopic (exact) mass is 361 g/mol. The van der Waals surface area contributed by atoms with E-state index in [0.29, 0.717) is 18.9 Å². The van der Waals surface area contributed by atoms with Crippen LogP contribution in [0.5, 0.6) is 0 Å². The van der Waals surface area contributed by atoms with Crippen molar-refractivity contribution in [2.24, 2.45) is 5.73 Å². The van der Waals surface area contributed by atoms with E-state index < -0.39 is 17.9 Å². The van der Waals surface area contributed by atoms with Crippen LogP contribution in [0.25, 0.3) is 10.6 Å². The minimum Gasteiger partial charge on any atom is -0.385 e. The molecule has 0 fully saturated rings. The summed E-state index contributed by atoms with van der Waals surface area (Å²) in [6, 6.07) is 7.36. The van der Waals surface area contributed by atoms with E-state index in [0.717, 1.165) is 10.6 Å². The molecule has 0 bridgehead atoms. The van der Waals surface area contributed by atoms with Crippen LogP contribution >= 0.6 is 11.3 Å². The predicted molar refractivity (Wildman–Crippen MR) is 98.6 cm³/mol. The number of amides is 2. The third-order valence-corrected chi connectivity index (χ3v) is 4.71. The molecule has 0 aliphatic heterocycles. The van der Waals surface area contributed by atoms with Crippen LogP contribution in [0.15, 0.2) is 29.6 Å². The van der Waals surface area contributed by atoms with Crippen LogP contribution in [0.1, 0.15) is 42.2 Å². The summed E-state index contributed by atoms with van der Waals surface area (Å²) in [5.74, 6) is -0.546. The van der Waals surface area contributed by atoms with E-state index in [-0.39, 0.29) is 5.69 Å². The quantitative estimate of drug-likeness (QED) is 0.755. The highest BCUT2D eigenvalue weighted by molar-refractivity contribution is 7.13. The van der Waals surface area contributed by atoms with Gasteiger partial charge >= 0.3 is 0 Å². The Hall–Kier alpha value is -2.25. The molecule has 1 aromatic heterocycles. The number of hydrogen-bond donors (Lipinski definition) is 2. The summed E-state index contributed by atoms with van der Waals surface area (Å²) in [6.07, 6.45) is 0.325. The Kier molecular flexibility index (Phi) is 6.66. The van der Waals surface area contributed by atoms with Gasteiger partial charge in [0.15, 0.2) is 0 Å². The smallest absolute Gasteiger partial charge is 0.271 e. The third-order valence-electron chi connectivity index (χ3n) is 3.82. The highest BCUT2D eigenvalue weighted by atomic mass is 32.1. The number of carbonyl (C=O) groups is 2. The molecule has 1 aromatic carbocycles. The van der Waals surface area contributed by atoms with Crippen molar-refractivity contribution in [1.29, 1.82) is 0 Å². The Bertz CT molecular complexity index is 725. The topological polar surface area (TPSA) is 94.3 Å². The van der Waals surface area contributed by atoms with Crippen molar-refractivity contribution >= 4 is 23.2 Å². The first kappa shape index (κ1) is 19.1. The van der Waals surface area contributed by atoms with Crippen molar-refractivity contribution in [2.75, 3.05) is 13.7 Å². The fourth-order valence-corrected chi connectivity index (χ4v) is 3.08. The van der Waals surface area contributed by atoms with Crippen LogP contribution in [-0.2, 0) is 9.53 Å². The molecule has 7 heteroatoms. The second kappa shape index (κ2) is 8.73.